The molecule has 1 unspecified atom stereocenters. The monoisotopic (exact) mass is 245 g/mol. The van der Waals surface area contributed by atoms with Crippen molar-refractivity contribution in [3.63, 3.8) is 0 Å². The van der Waals surface area contributed by atoms with E-state index in [4.69, 9.17) is 5.73 Å². The summed E-state index contributed by atoms with van der Waals surface area (Å²) in [7, 11) is 0. The van der Waals surface area contributed by atoms with Gasteiger partial charge < -0.3 is 10.7 Å². The molecular weight excluding hydrogens is 230 g/mol. The first-order valence-electron chi connectivity index (χ1n) is 5.70. The van der Waals surface area contributed by atoms with Crippen LogP contribution in [0, 0.1) is 0 Å². The second kappa shape index (κ2) is 5.01. The number of nitrogens with two attached hydrogens (primary N) is 1. The fourth-order valence-electron chi connectivity index (χ4n) is 1.90. The van der Waals surface area contributed by atoms with Gasteiger partial charge in [0.05, 0.1) is 6.04 Å². The van der Waals surface area contributed by atoms with Crippen LogP contribution in [-0.2, 0) is 16.0 Å². The van der Waals surface area contributed by atoms with E-state index in [0.717, 1.165) is 16.5 Å². The number of amides is 2. The first-order chi connectivity index (χ1) is 8.58. The molecule has 1 aromatic heterocycles. The van der Waals surface area contributed by atoms with E-state index in [1.165, 1.54) is 6.92 Å². The van der Waals surface area contributed by atoms with Crippen molar-refractivity contribution in [2.75, 3.05) is 0 Å². The number of H-pyrrole nitrogens is 1. The van der Waals surface area contributed by atoms with Gasteiger partial charge in [-0.1, -0.05) is 18.2 Å². The summed E-state index contributed by atoms with van der Waals surface area (Å²) in [6, 6.07) is 7.07. The number of aromatic nitrogens is 1. The van der Waals surface area contributed by atoms with Gasteiger partial charge in [-0.3, -0.25) is 14.9 Å². The third-order valence-corrected chi connectivity index (χ3v) is 2.75. The molecule has 0 saturated carbocycles. The van der Waals surface area contributed by atoms with Gasteiger partial charge in [0, 0.05) is 24.0 Å². The average molecular weight is 245 g/mol. The predicted octanol–water partition coefficient (Wildman–Crippen LogP) is 0.700. The Morgan fingerprint density at radius 1 is 1.39 bits per heavy atom. The Bertz CT molecular complexity index is 589. The van der Waals surface area contributed by atoms with Crippen molar-refractivity contribution < 1.29 is 9.59 Å². The molecule has 0 fully saturated rings. The van der Waals surface area contributed by atoms with Crippen molar-refractivity contribution in [1.29, 1.82) is 0 Å². The molecule has 2 aromatic rings. The van der Waals surface area contributed by atoms with Crippen molar-refractivity contribution in [2.24, 2.45) is 5.73 Å². The molecule has 4 N–H and O–H groups in total. The highest BCUT2D eigenvalue weighted by Gasteiger charge is 2.16. The van der Waals surface area contributed by atoms with E-state index in [-0.39, 0.29) is 0 Å². The quantitative estimate of drug-likeness (QED) is 0.743. The molecule has 2 rings (SSSR count). The molecule has 2 amide bonds. The number of benzene rings is 1. The fourth-order valence-corrected chi connectivity index (χ4v) is 1.90. The van der Waals surface area contributed by atoms with E-state index in [9.17, 15) is 9.59 Å². The third kappa shape index (κ3) is 2.57. The number of hydrogen-bond donors (Lipinski definition) is 3. The van der Waals surface area contributed by atoms with Crippen LogP contribution < -0.4 is 11.1 Å². The summed E-state index contributed by atoms with van der Waals surface area (Å²) < 4.78 is 0. The molecule has 5 heteroatoms. The minimum Gasteiger partial charge on any atom is -0.361 e. The van der Waals surface area contributed by atoms with Crippen LogP contribution in [-0.4, -0.2) is 22.8 Å². The Balaban J connectivity index is 2.14. The predicted molar refractivity (Wildman–Crippen MR) is 68.8 cm³/mol. The van der Waals surface area contributed by atoms with Crippen LogP contribution in [0.3, 0.4) is 0 Å². The average Bonchev–Trinajstić information content (AvgIpc) is 2.72. The van der Waals surface area contributed by atoms with Crippen LogP contribution in [0.2, 0.25) is 0 Å². The first kappa shape index (κ1) is 12.3. The number of imide groups is 1. The Morgan fingerprint density at radius 3 is 2.83 bits per heavy atom. The van der Waals surface area contributed by atoms with E-state index in [2.05, 4.69) is 10.3 Å². The molecule has 1 aromatic carbocycles. The maximum absolute atomic E-state index is 11.5. The minimum atomic E-state index is -0.729. The largest absolute Gasteiger partial charge is 0.361 e. The smallest absolute Gasteiger partial charge is 0.243 e. The van der Waals surface area contributed by atoms with Gasteiger partial charge in [-0.25, -0.2) is 0 Å². The van der Waals surface area contributed by atoms with E-state index in [1.807, 2.05) is 30.5 Å². The lowest BCUT2D eigenvalue weighted by Crippen LogP contribution is -2.43. The number of aromatic amines is 1. The summed E-state index contributed by atoms with van der Waals surface area (Å²) in [4.78, 5) is 25.4. The SMILES string of the molecule is CC(=O)NC(=O)C(N)Cc1c[nH]c2ccccc12. The summed E-state index contributed by atoms with van der Waals surface area (Å²) in [6.45, 7) is 1.29. The second-order valence-electron chi connectivity index (χ2n) is 4.22. The van der Waals surface area contributed by atoms with Gasteiger partial charge in [0.25, 0.3) is 0 Å². The lowest BCUT2D eigenvalue weighted by atomic mass is 10.1. The topological polar surface area (TPSA) is 88.0 Å². The molecule has 0 aliphatic heterocycles. The molecule has 5 nitrogen and oxygen atoms in total. The lowest BCUT2D eigenvalue weighted by Gasteiger charge is -2.09. The normalized spacial score (nSPS) is 12.3. The maximum atomic E-state index is 11.5. The molecule has 0 aliphatic carbocycles. The van der Waals surface area contributed by atoms with E-state index < -0.39 is 17.9 Å². The van der Waals surface area contributed by atoms with Gasteiger partial charge in [-0.05, 0) is 18.1 Å². The van der Waals surface area contributed by atoms with Crippen LogP contribution >= 0.6 is 0 Å². The molecule has 0 spiro atoms. The van der Waals surface area contributed by atoms with Gasteiger partial charge in [-0.2, -0.15) is 0 Å². The summed E-state index contributed by atoms with van der Waals surface area (Å²) >= 11 is 0. The summed E-state index contributed by atoms with van der Waals surface area (Å²) in [6.07, 6.45) is 2.23. The molecular formula is C13H15N3O2. The van der Waals surface area contributed by atoms with Crippen molar-refractivity contribution in [2.45, 2.75) is 19.4 Å². The number of hydrogen-bond acceptors (Lipinski definition) is 3. The second-order valence-corrected chi connectivity index (χ2v) is 4.22. The highest BCUT2D eigenvalue weighted by Crippen LogP contribution is 2.18. The third-order valence-electron chi connectivity index (χ3n) is 2.75. The molecule has 94 valence electrons. The number of fused-ring (bicyclic) bond motifs is 1. The van der Waals surface area contributed by atoms with Gasteiger partial charge in [0.1, 0.15) is 0 Å². The summed E-state index contributed by atoms with van der Waals surface area (Å²) in [5, 5.41) is 3.23. The van der Waals surface area contributed by atoms with Crippen molar-refractivity contribution in [3.8, 4) is 0 Å². The van der Waals surface area contributed by atoms with Crippen LogP contribution in [0.5, 0.6) is 0 Å². The van der Waals surface area contributed by atoms with E-state index >= 15 is 0 Å². The van der Waals surface area contributed by atoms with Crippen molar-refractivity contribution >= 4 is 22.7 Å². The summed E-state index contributed by atoms with van der Waals surface area (Å²) in [5.74, 6) is -0.845. The number of nitrogens with one attached hydrogen (secondary N) is 2. The highest BCUT2D eigenvalue weighted by molar-refractivity contribution is 5.97. The number of carbonyl (C=O) groups is 2. The molecule has 0 bridgehead atoms. The van der Waals surface area contributed by atoms with Crippen molar-refractivity contribution in [1.82, 2.24) is 10.3 Å². The van der Waals surface area contributed by atoms with Gasteiger partial charge in [0.2, 0.25) is 11.8 Å². The molecule has 18 heavy (non-hydrogen) atoms. The first-order valence-corrected chi connectivity index (χ1v) is 5.70. The van der Waals surface area contributed by atoms with E-state index in [0.29, 0.717) is 6.42 Å². The zero-order chi connectivity index (χ0) is 13.1. The Hall–Kier alpha value is -2.14. The standard InChI is InChI=1S/C13H15N3O2/c1-8(17)16-13(18)11(14)6-9-7-15-12-5-3-2-4-10(9)12/h2-5,7,11,15H,6,14H2,1H3,(H,16,17,18). The minimum absolute atomic E-state index is 0.392. The fraction of sp³-hybridized carbons (Fsp3) is 0.231. The maximum Gasteiger partial charge on any atom is 0.243 e. The van der Waals surface area contributed by atoms with Gasteiger partial charge >= 0.3 is 0 Å². The molecule has 0 radical (unpaired) electrons. The Morgan fingerprint density at radius 2 is 2.11 bits per heavy atom. The highest BCUT2D eigenvalue weighted by atomic mass is 16.2. The Labute approximate surface area is 104 Å². The zero-order valence-corrected chi connectivity index (χ0v) is 10.1. The van der Waals surface area contributed by atoms with Crippen LogP contribution in [0.25, 0.3) is 10.9 Å². The Kier molecular flexibility index (Phi) is 3.43. The lowest BCUT2D eigenvalue weighted by molar-refractivity contribution is -0.130. The van der Waals surface area contributed by atoms with Gasteiger partial charge in [0.15, 0.2) is 0 Å². The molecule has 1 atom stereocenters. The molecule has 0 aliphatic rings. The van der Waals surface area contributed by atoms with Crippen LogP contribution in [0.15, 0.2) is 30.5 Å². The van der Waals surface area contributed by atoms with Gasteiger partial charge in [-0.15, -0.1) is 0 Å². The number of rotatable bonds is 3. The number of carbonyl (C=O) groups excluding carboxylic acids is 2. The zero-order valence-electron chi connectivity index (χ0n) is 10.1. The number of para-hydroxylation sites is 1. The van der Waals surface area contributed by atoms with Crippen LogP contribution in [0.1, 0.15) is 12.5 Å². The summed E-state index contributed by atoms with van der Waals surface area (Å²) in [5.41, 5.74) is 7.75. The van der Waals surface area contributed by atoms with Crippen molar-refractivity contribution in [3.05, 3.63) is 36.0 Å². The molecule has 0 saturated heterocycles. The molecule has 1 heterocycles. The van der Waals surface area contributed by atoms with Crippen LogP contribution in [0.4, 0.5) is 0 Å². The van der Waals surface area contributed by atoms with E-state index in [1.54, 1.807) is 0 Å².